The second kappa shape index (κ2) is 11.9. The smallest absolute Gasteiger partial charge is 0.335 e. The van der Waals surface area contributed by atoms with Gasteiger partial charge in [0.1, 0.15) is 37.2 Å². The second-order valence-corrected chi connectivity index (χ2v) is 8.71. The number of carbonyl (C=O) groups excluding carboxylic acids is 1. The van der Waals surface area contributed by atoms with Crippen molar-refractivity contribution in [1.82, 2.24) is 0 Å². The number of carboxylic acids is 2. The van der Waals surface area contributed by atoms with Crippen molar-refractivity contribution < 1.29 is 59.3 Å². The summed E-state index contributed by atoms with van der Waals surface area (Å²) in [5.41, 5.74) is 0.540. The number of allylic oxidation sites excluding steroid dienone is 1. The van der Waals surface area contributed by atoms with Crippen LogP contribution in [0, 0.1) is 11.8 Å². The van der Waals surface area contributed by atoms with Crippen LogP contribution in [0.4, 0.5) is 0 Å². The molecule has 3 heterocycles. The van der Waals surface area contributed by atoms with E-state index in [0.29, 0.717) is 18.7 Å². The molecule has 6 N–H and O–H groups in total. The Labute approximate surface area is 207 Å². The summed E-state index contributed by atoms with van der Waals surface area (Å²) in [6.07, 6.45) is -0.211. The lowest BCUT2D eigenvalue weighted by Gasteiger charge is -2.42. The zero-order valence-electron chi connectivity index (χ0n) is 19.6. The lowest BCUT2D eigenvalue weighted by atomic mass is 9.83. The van der Waals surface area contributed by atoms with Gasteiger partial charge < -0.3 is 54.5 Å². The Kier molecular flexibility index (Phi) is 9.19. The Hall–Kier alpha value is -2.84. The molecule has 0 radical (unpaired) electrons. The molecule has 3 rings (SSSR count). The highest BCUT2D eigenvalue weighted by atomic mass is 16.8. The van der Waals surface area contributed by atoms with E-state index in [4.69, 9.17) is 14.2 Å². The molecule has 0 spiro atoms. The van der Waals surface area contributed by atoms with Crippen molar-refractivity contribution in [2.24, 2.45) is 11.8 Å². The van der Waals surface area contributed by atoms with E-state index < -0.39 is 67.4 Å². The number of aliphatic hydroxyl groups excluding tert-OH is 4. The number of hydrogen-bond acceptors (Lipinski definition) is 10. The highest BCUT2D eigenvalue weighted by molar-refractivity contribution is 5.88. The van der Waals surface area contributed by atoms with Crippen LogP contribution in [0.5, 0.6) is 0 Å². The summed E-state index contributed by atoms with van der Waals surface area (Å²) >= 11 is 0. The Morgan fingerprint density at radius 3 is 2.56 bits per heavy atom. The van der Waals surface area contributed by atoms with Crippen molar-refractivity contribution in [2.45, 2.75) is 43.9 Å². The Bertz CT molecular complexity index is 969. The summed E-state index contributed by atoms with van der Waals surface area (Å²) in [4.78, 5) is 24.2. The first-order valence-electron chi connectivity index (χ1n) is 11.4. The van der Waals surface area contributed by atoms with E-state index in [-0.39, 0.29) is 11.1 Å². The first kappa shape index (κ1) is 27.7. The lowest BCUT2D eigenvalue weighted by molar-refractivity contribution is -0.840. The zero-order valence-corrected chi connectivity index (χ0v) is 19.6. The maximum Gasteiger partial charge on any atom is 0.335 e. The van der Waals surface area contributed by atoms with Gasteiger partial charge in [-0.25, -0.2) is 4.79 Å². The van der Waals surface area contributed by atoms with Gasteiger partial charge in [-0.2, -0.15) is 0 Å². The second-order valence-electron chi connectivity index (χ2n) is 8.71. The lowest BCUT2D eigenvalue weighted by Crippen LogP contribution is -3.08. The maximum absolute atomic E-state index is 11.9. The first-order valence-corrected chi connectivity index (χ1v) is 11.4. The highest BCUT2D eigenvalue weighted by Crippen LogP contribution is 2.36. The minimum Gasteiger partial charge on any atom is -0.545 e. The monoisotopic (exact) mass is 509 g/mol. The molecule has 1 fully saturated rings. The number of likely N-dealkylation sites (N-methyl/N-ethyl adjacent to an activating group) is 1. The van der Waals surface area contributed by atoms with Crippen LogP contribution >= 0.6 is 0 Å². The topological polar surface area (TPSA) is 190 Å². The Morgan fingerprint density at radius 2 is 1.97 bits per heavy atom. The number of rotatable bonds is 9. The highest BCUT2D eigenvalue weighted by Gasteiger charge is 2.47. The molecule has 9 atom stereocenters. The quantitative estimate of drug-likeness (QED) is 0.170. The van der Waals surface area contributed by atoms with E-state index in [1.54, 1.807) is 18.4 Å². The fourth-order valence-corrected chi connectivity index (χ4v) is 4.31. The number of nitrogens with one attached hydrogen (secondary N) is 1. The summed E-state index contributed by atoms with van der Waals surface area (Å²) in [7, 11) is 0. The normalized spacial score (nSPS) is 36.9. The van der Waals surface area contributed by atoms with Gasteiger partial charge in [0.05, 0.1) is 42.4 Å². The minimum absolute atomic E-state index is 0.0165. The van der Waals surface area contributed by atoms with E-state index in [1.807, 2.05) is 6.92 Å². The van der Waals surface area contributed by atoms with Crippen LogP contribution in [-0.4, -0.2) is 94.2 Å². The molecule has 198 valence electrons. The molecule has 9 unspecified atom stereocenters. The van der Waals surface area contributed by atoms with Crippen LogP contribution in [0.3, 0.4) is 0 Å². The number of hydrogen-bond donors (Lipinski definition) is 6. The van der Waals surface area contributed by atoms with E-state index in [0.717, 1.165) is 11.2 Å². The van der Waals surface area contributed by atoms with Crippen molar-refractivity contribution in [1.29, 1.82) is 0 Å². The number of ether oxygens (including phenoxy) is 3. The number of aliphatic hydroxyl groups is 4. The molecular weight excluding hydrogens is 478 g/mol. The van der Waals surface area contributed by atoms with Crippen LogP contribution in [-0.2, 0) is 23.8 Å². The molecule has 0 saturated carbocycles. The molecule has 3 aliphatic heterocycles. The van der Waals surface area contributed by atoms with Gasteiger partial charge in [0.25, 0.3) is 0 Å². The molecule has 0 bridgehead atoms. The summed E-state index contributed by atoms with van der Waals surface area (Å²) in [5, 5.41) is 60.8. The van der Waals surface area contributed by atoms with Crippen LogP contribution in [0.2, 0.25) is 0 Å². The van der Waals surface area contributed by atoms with Gasteiger partial charge in [-0.3, -0.25) is 0 Å². The first-order chi connectivity index (χ1) is 17.1. The predicted molar refractivity (Wildman–Crippen MR) is 119 cm³/mol. The molecule has 0 aromatic carbocycles. The van der Waals surface area contributed by atoms with Crippen LogP contribution in [0.15, 0.2) is 60.1 Å². The van der Waals surface area contributed by atoms with Crippen molar-refractivity contribution in [3.8, 4) is 0 Å². The number of aliphatic carboxylic acids is 2. The molecule has 36 heavy (non-hydrogen) atoms. The molecule has 0 aliphatic carbocycles. The summed E-state index contributed by atoms with van der Waals surface area (Å²) < 4.78 is 16.5. The summed E-state index contributed by atoms with van der Waals surface area (Å²) in [5.74, 6) is -4.20. The largest absolute Gasteiger partial charge is 0.545 e. The Balaban J connectivity index is 1.86. The number of carbonyl (C=O) groups is 2. The van der Waals surface area contributed by atoms with Gasteiger partial charge in [0.2, 0.25) is 6.29 Å². The van der Waals surface area contributed by atoms with Gasteiger partial charge in [0.15, 0.2) is 6.29 Å². The van der Waals surface area contributed by atoms with Crippen LogP contribution < -0.4 is 10.0 Å². The molecule has 3 aliphatic rings. The van der Waals surface area contributed by atoms with E-state index in [1.165, 1.54) is 12.2 Å². The van der Waals surface area contributed by atoms with Crippen molar-refractivity contribution in [3.05, 3.63) is 60.1 Å². The average Bonchev–Trinajstić information content (AvgIpc) is 2.87. The number of carboxylic acid groups (broad SMARTS) is 2. The van der Waals surface area contributed by atoms with Gasteiger partial charge in [-0.05, 0) is 13.0 Å². The third kappa shape index (κ3) is 5.93. The van der Waals surface area contributed by atoms with Crippen LogP contribution in [0.25, 0.3) is 0 Å². The molecule has 0 amide bonds. The van der Waals surface area contributed by atoms with Crippen molar-refractivity contribution in [3.63, 3.8) is 0 Å². The standard InChI is InChI=1S/C24H31NO11/c1-3-14-15(6-5-12-7-13(21(30)31)9-25(4-2)8-12)16(22(32)33)11-34-23(14)36-24-20(29)19(28)18(27)17(10-26)35-24/h3,5-7,9,11,14-15,17-20,23-24,26-29H,1,4,8,10H2,2H3,(H,30,31)(H,32,33). The Morgan fingerprint density at radius 1 is 1.25 bits per heavy atom. The molecule has 12 nitrogen and oxygen atoms in total. The van der Waals surface area contributed by atoms with E-state index >= 15 is 0 Å². The van der Waals surface area contributed by atoms with E-state index in [9.17, 15) is 40.2 Å². The number of quaternary nitrogens is 1. The van der Waals surface area contributed by atoms with Gasteiger partial charge in [0, 0.05) is 11.5 Å². The van der Waals surface area contributed by atoms with Crippen LogP contribution in [0.1, 0.15) is 6.92 Å². The van der Waals surface area contributed by atoms with Crippen molar-refractivity contribution >= 4 is 11.9 Å². The molecule has 0 aromatic rings. The average molecular weight is 510 g/mol. The molecular formula is C24H31NO11. The zero-order chi connectivity index (χ0) is 26.6. The summed E-state index contributed by atoms with van der Waals surface area (Å²) in [6, 6.07) is 0. The maximum atomic E-state index is 11.9. The fourth-order valence-electron chi connectivity index (χ4n) is 4.31. The predicted octanol–water partition coefficient (Wildman–Crippen LogP) is -3.42. The minimum atomic E-state index is -1.68. The van der Waals surface area contributed by atoms with Gasteiger partial charge in [-0.1, -0.05) is 18.2 Å². The SMILES string of the molecule is C=CC1C(OC2OC(CO)C(O)C(O)C2O)OC=C(C(=O)O)C1C=CC1=CC(C(=O)[O-])=C[NH+](CC)C1. The summed E-state index contributed by atoms with van der Waals surface area (Å²) in [6.45, 7) is 6.09. The van der Waals surface area contributed by atoms with Gasteiger partial charge >= 0.3 is 5.97 Å². The van der Waals surface area contributed by atoms with Crippen molar-refractivity contribution in [2.75, 3.05) is 19.7 Å². The fraction of sp³-hybridized carbons (Fsp3) is 0.500. The van der Waals surface area contributed by atoms with Gasteiger partial charge in [-0.15, -0.1) is 6.58 Å². The molecule has 1 saturated heterocycles. The van der Waals surface area contributed by atoms with E-state index in [2.05, 4.69) is 6.58 Å². The molecule has 12 heteroatoms. The molecule has 0 aromatic heterocycles. The third-order valence-electron chi connectivity index (χ3n) is 6.39. The third-order valence-corrected chi connectivity index (χ3v) is 6.39.